The fraction of sp³-hybridized carbons (Fsp3) is 0.105. The van der Waals surface area contributed by atoms with Crippen LogP contribution < -0.4 is 10.6 Å². The first kappa shape index (κ1) is 19.1. The molecule has 0 aliphatic heterocycles. The highest BCUT2D eigenvalue weighted by molar-refractivity contribution is 7.98. The number of benzene rings is 2. The average molecular weight is 417 g/mol. The molecule has 0 aliphatic rings. The van der Waals surface area contributed by atoms with Gasteiger partial charge in [0.25, 0.3) is 0 Å². The van der Waals surface area contributed by atoms with Crippen molar-refractivity contribution in [2.45, 2.75) is 17.5 Å². The summed E-state index contributed by atoms with van der Waals surface area (Å²) in [6.45, 7) is -2.89. The normalized spacial score (nSPS) is 11.3. The average Bonchev–Trinajstić information content (AvgIpc) is 3.08. The standard InChI is InChI=1S/C19H14F3N5OS/c20-15-8-5-12(16-14(15)2-1-9-24-16)10-29-19-26-25-17(27(19)23)11-3-6-13(7-4-11)28-18(21)22/h1-9,18H,10,23H2. The van der Waals surface area contributed by atoms with Gasteiger partial charge in [0, 0.05) is 22.9 Å². The number of aromatic nitrogens is 4. The lowest BCUT2D eigenvalue weighted by Crippen LogP contribution is -2.11. The lowest BCUT2D eigenvalue weighted by Gasteiger charge is -2.07. The molecule has 0 radical (unpaired) electrons. The topological polar surface area (TPSA) is 78.9 Å². The van der Waals surface area contributed by atoms with Crippen molar-refractivity contribution in [1.29, 1.82) is 0 Å². The van der Waals surface area contributed by atoms with Gasteiger partial charge in [0.2, 0.25) is 5.16 Å². The van der Waals surface area contributed by atoms with Crippen molar-refractivity contribution in [3.8, 4) is 17.1 Å². The number of alkyl halides is 2. The molecule has 10 heteroatoms. The van der Waals surface area contributed by atoms with Crippen LogP contribution in [0.15, 0.2) is 59.9 Å². The minimum absolute atomic E-state index is 0.0390. The van der Waals surface area contributed by atoms with Crippen LogP contribution in [0.3, 0.4) is 0 Å². The maximum atomic E-state index is 13.9. The molecule has 6 nitrogen and oxygen atoms in total. The molecule has 4 rings (SSSR count). The van der Waals surface area contributed by atoms with Gasteiger partial charge in [-0.25, -0.2) is 9.07 Å². The van der Waals surface area contributed by atoms with Gasteiger partial charge in [0.15, 0.2) is 5.82 Å². The maximum absolute atomic E-state index is 13.9. The number of rotatable bonds is 6. The molecular formula is C19H14F3N5OS. The number of thioether (sulfide) groups is 1. The van der Waals surface area contributed by atoms with E-state index in [2.05, 4.69) is 19.9 Å². The number of nitrogens with two attached hydrogens (primary N) is 1. The minimum Gasteiger partial charge on any atom is -0.435 e. The Kier molecular flexibility index (Phi) is 5.26. The van der Waals surface area contributed by atoms with Gasteiger partial charge in [-0.1, -0.05) is 17.8 Å². The van der Waals surface area contributed by atoms with Crippen LogP contribution in [0.25, 0.3) is 22.3 Å². The number of nitrogens with zero attached hydrogens (tertiary/aromatic N) is 4. The second kappa shape index (κ2) is 8.00. The number of ether oxygens (including phenoxy) is 1. The Hall–Kier alpha value is -3.27. The number of fused-ring (bicyclic) bond motifs is 1. The largest absolute Gasteiger partial charge is 0.435 e. The molecule has 0 saturated carbocycles. The molecule has 0 atom stereocenters. The van der Waals surface area contributed by atoms with Crippen LogP contribution in [0, 0.1) is 5.82 Å². The molecule has 0 spiro atoms. The SMILES string of the molecule is Nn1c(SCc2ccc(F)c3cccnc23)nnc1-c1ccc(OC(F)F)cc1. The Morgan fingerprint density at radius 2 is 1.86 bits per heavy atom. The first-order valence-corrected chi connectivity index (χ1v) is 9.42. The van der Waals surface area contributed by atoms with Gasteiger partial charge in [-0.05, 0) is 48.0 Å². The Morgan fingerprint density at radius 1 is 1.07 bits per heavy atom. The van der Waals surface area contributed by atoms with E-state index in [4.69, 9.17) is 5.84 Å². The van der Waals surface area contributed by atoms with E-state index in [1.165, 1.54) is 34.6 Å². The zero-order valence-electron chi connectivity index (χ0n) is 14.8. The number of hydrogen-bond donors (Lipinski definition) is 1. The molecule has 0 aliphatic carbocycles. The molecule has 148 valence electrons. The maximum Gasteiger partial charge on any atom is 0.387 e. The first-order valence-electron chi connectivity index (χ1n) is 8.43. The van der Waals surface area contributed by atoms with Gasteiger partial charge >= 0.3 is 6.61 Å². The number of hydrogen-bond acceptors (Lipinski definition) is 6. The van der Waals surface area contributed by atoms with Gasteiger partial charge < -0.3 is 10.6 Å². The smallest absolute Gasteiger partial charge is 0.387 e. The predicted octanol–water partition coefficient (Wildman–Crippen LogP) is 4.24. The molecule has 0 amide bonds. The van der Waals surface area contributed by atoms with Gasteiger partial charge in [0.05, 0.1) is 5.52 Å². The summed E-state index contributed by atoms with van der Waals surface area (Å²) in [7, 11) is 0. The Morgan fingerprint density at radius 3 is 2.62 bits per heavy atom. The van der Waals surface area contributed by atoms with Crippen LogP contribution in [-0.2, 0) is 5.75 Å². The molecule has 29 heavy (non-hydrogen) atoms. The predicted molar refractivity (Wildman–Crippen MR) is 104 cm³/mol. The number of pyridine rings is 1. The summed E-state index contributed by atoms with van der Waals surface area (Å²) in [6.07, 6.45) is 1.61. The third-order valence-electron chi connectivity index (χ3n) is 4.16. The van der Waals surface area contributed by atoms with E-state index in [0.717, 1.165) is 5.56 Å². The van der Waals surface area contributed by atoms with E-state index in [9.17, 15) is 13.2 Å². The summed E-state index contributed by atoms with van der Waals surface area (Å²) < 4.78 is 44.1. The summed E-state index contributed by atoms with van der Waals surface area (Å²) in [5.41, 5.74) is 2.02. The van der Waals surface area contributed by atoms with E-state index < -0.39 is 6.61 Å². The zero-order valence-corrected chi connectivity index (χ0v) is 15.6. The molecule has 0 saturated heterocycles. The summed E-state index contributed by atoms with van der Waals surface area (Å²) >= 11 is 1.33. The van der Waals surface area contributed by atoms with Crippen LogP contribution in [0.2, 0.25) is 0 Å². The van der Waals surface area contributed by atoms with E-state index in [1.54, 1.807) is 36.5 Å². The van der Waals surface area contributed by atoms with E-state index in [-0.39, 0.29) is 11.6 Å². The van der Waals surface area contributed by atoms with Gasteiger partial charge in [-0.2, -0.15) is 8.78 Å². The van der Waals surface area contributed by atoms with E-state index in [0.29, 0.717) is 33.2 Å². The molecule has 0 bridgehead atoms. The lowest BCUT2D eigenvalue weighted by molar-refractivity contribution is -0.0498. The van der Waals surface area contributed by atoms with Gasteiger partial charge in [-0.3, -0.25) is 4.98 Å². The Labute approximate surface area is 167 Å². The van der Waals surface area contributed by atoms with Gasteiger partial charge in [0.1, 0.15) is 11.6 Å². The molecule has 0 unspecified atom stereocenters. The minimum atomic E-state index is -2.89. The first-order chi connectivity index (χ1) is 14.0. The Bertz CT molecular complexity index is 1150. The third kappa shape index (κ3) is 3.97. The molecule has 2 aromatic heterocycles. The summed E-state index contributed by atoms with van der Waals surface area (Å²) in [4.78, 5) is 4.27. The summed E-state index contributed by atoms with van der Waals surface area (Å²) in [5, 5.41) is 9.04. The molecule has 2 heterocycles. The lowest BCUT2D eigenvalue weighted by atomic mass is 10.1. The summed E-state index contributed by atoms with van der Waals surface area (Å²) in [5.74, 6) is 6.65. The second-order valence-electron chi connectivity index (χ2n) is 5.97. The van der Waals surface area contributed by atoms with Crippen molar-refractivity contribution in [2.24, 2.45) is 0 Å². The fourth-order valence-corrected chi connectivity index (χ4v) is 3.65. The second-order valence-corrected chi connectivity index (χ2v) is 6.92. The molecular weight excluding hydrogens is 403 g/mol. The number of nitrogen functional groups attached to an aromatic ring is 1. The summed E-state index contributed by atoms with van der Waals surface area (Å²) in [6, 6.07) is 12.4. The quantitative estimate of drug-likeness (QED) is 0.373. The van der Waals surface area contributed by atoms with E-state index in [1.807, 2.05) is 0 Å². The molecule has 2 N–H and O–H groups in total. The van der Waals surface area contributed by atoms with Crippen LogP contribution >= 0.6 is 11.8 Å². The van der Waals surface area contributed by atoms with Crippen molar-refractivity contribution in [1.82, 2.24) is 19.9 Å². The van der Waals surface area contributed by atoms with Crippen molar-refractivity contribution in [2.75, 3.05) is 5.84 Å². The highest BCUT2D eigenvalue weighted by Gasteiger charge is 2.14. The van der Waals surface area contributed by atoms with Gasteiger partial charge in [-0.15, -0.1) is 10.2 Å². The highest BCUT2D eigenvalue weighted by atomic mass is 32.2. The van der Waals surface area contributed by atoms with Crippen molar-refractivity contribution in [3.63, 3.8) is 0 Å². The molecule has 0 fully saturated rings. The zero-order chi connectivity index (χ0) is 20.4. The number of halogens is 3. The van der Waals surface area contributed by atoms with Crippen LogP contribution in [0.1, 0.15) is 5.56 Å². The van der Waals surface area contributed by atoms with Crippen LogP contribution in [-0.4, -0.2) is 26.5 Å². The van der Waals surface area contributed by atoms with Crippen LogP contribution in [0.4, 0.5) is 13.2 Å². The highest BCUT2D eigenvalue weighted by Crippen LogP contribution is 2.28. The van der Waals surface area contributed by atoms with E-state index >= 15 is 0 Å². The van der Waals surface area contributed by atoms with Crippen molar-refractivity contribution in [3.05, 3.63) is 66.1 Å². The van der Waals surface area contributed by atoms with Crippen molar-refractivity contribution < 1.29 is 17.9 Å². The van der Waals surface area contributed by atoms with Crippen molar-refractivity contribution >= 4 is 22.7 Å². The monoisotopic (exact) mass is 417 g/mol. The fourth-order valence-electron chi connectivity index (χ4n) is 2.81. The molecule has 4 aromatic rings. The molecule has 2 aromatic carbocycles. The Balaban J connectivity index is 1.53. The third-order valence-corrected chi connectivity index (χ3v) is 5.15. The van der Waals surface area contributed by atoms with Crippen LogP contribution in [0.5, 0.6) is 5.75 Å².